The zero-order valence-corrected chi connectivity index (χ0v) is 21.4. The maximum absolute atomic E-state index is 13.9. The van der Waals surface area contributed by atoms with Crippen LogP contribution in [0, 0.1) is 0 Å². The lowest BCUT2D eigenvalue weighted by Gasteiger charge is -2.39. The molecule has 2 saturated heterocycles. The van der Waals surface area contributed by atoms with Crippen molar-refractivity contribution in [2.24, 2.45) is 7.05 Å². The summed E-state index contributed by atoms with van der Waals surface area (Å²) in [7, 11) is -1.96. The number of para-hydroxylation sites is 1. The Balaban J connectivity index is 1.29. The maximum Gasteiger partial charge on any atom is 0.418 e. The average molecular weight is 531 g/mol. The van der Waals surface area contributed by atoms with E-state index in [2.05, 4.69) is 17.1 Å². The molecule has 0 saturated carbocycles. The van der Waals surface area contributed by atoms with Gasteiger partial charge in [-0.05, 0) is 66.3 Å². The number of anilines is 1. The predicted molar refractivity (Wildman–Crippen MR) is 134 cm³/mol. The Kier molecular flexibility index (Phi) is 5.87. The summed E-state index contributed by atoms with van der Waals surface area (Å²) in [5, 5.41) is 0.0433. The zero-order valence-electron chi connectivity index (χ0n) is 20.6. The topological polar surface area (TPSA) is 58.4 Å². The van der Waals surface area contributed by atoms with Gasteiger partial charge in [-0.1, -0.05) is 30.3 Å². The number of hydrogen-bond donors (Lipinski definition) is 0. The van der Waals surface area contributed by atoms with Gasteiger partial charge in [0, 0.05) is 32.9 Å². The van der Waals surface area contributed by atoms with Crippen molar-refractivity contribution in [3.8, 4) is 0 Å². The Labute approximate surface area is 214 Å². The van der Waals surface area contributed by atoms with E-state index in [4.69, 9.17) is 0 Å². The molecule has 2 atom stereocenters. The molecule has 3 aliphatic rings. The Morgan fingerprint density at radius 2 is 1.89 bits per heavy atom. The van der Waals surface area contributed by atoms with Gasteiger partial charge in [0.25, 0.3) is 10.0 Å². The first-order valence-corrected chi connectivity index (χ1v) is 14.1. The van der Waals surface area contributed by atoms with Crippen LogP contribution in [-0.4, -0.2) is 41.9 Å². The van der Waals surface area contributed by atoms with Crippen molar-refractivity contribution >= 4 is 15.7 Å². The highest BCUT2D eigenvalue weighted by Crippen LogP contribution is 2.45. The lowest BCUT2D eigenvalue weighted by Crippen LogP contribution is -2.45. The summed E-state index contributed by atoms with van der Waals surface area (Å²) in [6, 6.07) is 10.4. The molecule has 6 nitrogen and oxygen atoms in total. The SMILES string of the molecule is Cn1cnc(S(=O)(=O)N2CCC2c2ccc3c(c2)C(Cc2cccc(C(F)(F)F)c2N2CCC2)CC3)c1. The lowest BCUT2D eigenvalue weighted by molar-refractivity contribution is -0.137. The van der Waals surface area contributed by atoms with Crippen LogP contribution in [0.5, 0.6) is 0 Å². The van der Waals surface area contributed by atoms with Crippen molar-refractivity contribution in [2.75, 3.05) is 24.5 Å². The summed E-state index contributed by atoms with van der Waals surface area (Å²) < 4.78 is 71.0. The number of rotatable bonds is 6. The minimum atomic E-state index is -4.39. The second-order valence-electron chi connectivity index (χ2n) is 10.3. The fourth-order valence-electron chi connectivity index (χ4n) is 5.92. The van der Waals surface area contributed by atoms with E-state index in [0.29, 0.717) is 31.7 Å². The van der Waals surface area contributed by atoms with Gasteiger partial charge in [-0.15, -0.1) is 0 Å². The molecular weight excluding hydrogens is 501 g/mol. The summed E-state index contributed by atoms with van der Waals surface area (Å²) in [5.41, 5.74) is 3.78. The number of nitrogens with zero attached hydrogens (tertiary/aromatic N) is 4. The molecule has 0 spiro atoms. The van der Waals surface area contributed by atoms with Crippen LogP contribution >= 0.6 is 0 Å². The van der Waals surface area contributed by atoms with Gasteiger partial charge in [0.1, 0.15) is 0 Å². The van der Waals surface area contributed by atoms with Gasteiger partial charge < -0.3 is 9.47 Å². The number of benzene rings is 2. The highest BCUT2D eigenvalue weighted by Gasteiger charge is 2.41. The first kappa shape index (κ1) is 24.5. The summed E-state index contributed by atoms with van der Waals surface area (Å²) in [4.78, 5) is 5.89. The number of sulfonamides is 1. The van der Waals surface area contributed by atoms with E-state index in [1.54, 1.807) is 11.6 Å². The molecular formula is C27H29F3N4O2S. The number of aromatic nitrogens is 2. The van der Waals surface area contributed by atoms with E-state index >= 15 is 0 Å². The van der Waals surface area contributed by atoms with Crippen molar-refractivity contribution in [1.29, 1.82) is 0 Å². The standard InChI is InChI=1S/C27H29F3N4O2S/c1-32-16-25(31-17-32)37(35,36)34-13-10-24(34)20-9-7-18-6-8-19(22(18)15-20)14-21-4-2-5-23(27(28,29)30)26(21)33-11-3-12-33/h2,4-5,7,9,15-17,19,24H,3,6,8,10-14H2,1H3. The summed E-state index contributed by atoms with van der Waals surface area (Å²) in [6.45, 7) is 1.73. The van der Waals surface area contributed by atoms with E-state index in [1.807, 2.05) is 17.0 Å². The summed E-state index contributed by atoms with van der Waals surface area (Å²) >= 11 is 0. The van der Waals surface area contributed by atoms with Crippen LogP contribution in [0.3, 0.4) is 0 Å². The highest BCUT2D eigenvalue weighted by molar-refractivity contribution is 7.89. The summed E-state index contributed by atoms with van der Waals surface area (Å²) in [6.07, 6.45) is 2.50. The third-order valence-electron chi connectivity index (χ3n) is 8.05. The average Bonchev–Trinajstić information content (AvgIpc) is 3.38. The Morgan fingerprint density at radius 1 is 1.08 bits per heavy atom. The third kappa shape index (κ3) is 4.24. The van der Waals surface area contributed by atoms with Crippen molar-refractivity contribution in [3.63, 3.8) is 0 Å². The molecule has 0 bridgehead atoms. The van der Waals surface area contributed by atoms with E-state index in [0.717, 1.165) is 42.4 Å². The van der Waals surface area contributed by atoms with E-state index < -0.39 is 21.8 Å². The van der Waals surface area contributed by atoms with Gasteiger partial charge in [0.15, 0.2) is 5.03 Å². The number of halogens is 3. The second kappa shape index (κ2) is 8.87. The van der Waals surface area contributed by atoms with Crippen LogP contribution < -0.4 is 4.90 Å². The summed E-state index contributed by atoms with van der Waals surface area (Å²) in [5.74, 6) is 0.0967. The van der Waals surface area contributed by atoms with Gasteiger partial charge in [-0.3, -0.25) is 0 Å². The van der Waals surface area contributed by atoms with Crippen molar-refractivity contribution in [1.82, 2.24) is 13.9 Å². The van der Waals surface area contributed by atoms with Gasteiger partial charge in [0.05, 0.1) is 23.6 Å². The largest absolute Gasteiger partial charge is 0.418 e. The fraction of sp³-hybridized carbons (Fsp3) is 0.444. The number of imidazole rings is 1. The monoisotopic (exact) mass is 530 g/mol. The number of alkyl halides is 3. The lowest BCUT2D eigenvalue weighted by atomic mass is 9.88. The first-order valence-electron chi connectivity index (χ1n) is 12.7. The molecule has 0 N–H and O–H groups in total. The molecule has 0 radical (unpaired) electrons. The van der Waals surface area contributed by atoms with Gasteiger partial charge in [-0.25, -0.2) is 13.4 Å². The van der Waals surface area contributed by atoms with Gasteiger partial charge in [-0.2, -0.15) is 17.5 Å². The fourth-order valence-corrected chi connectivity index (χ4v) is 7.54. The molecule has 2 aromatic carbocycles. The van der Waals surface area contributed by atoms with Crippen LogP contribution in [0.4, 0.5) is 18.9 Å². The smallest absolute Gasteiger partial charge is 0.371 e. The molecule has 196 valence electrons. The number of hydrogen-bond acceptors (Lipinski definition) is 4. The third-order valence-corrected chi connectivity index (χ3v) is 9.84. The van der Waals surface area contributed by atoms with Crippen LogP contribution in [0.25, 0.3) is 0 Å². The van der Waals surface area contributed by atoms with Crippen LogP contribution in [0.15, 0.2) is 53.9 Å². The van der Waals surface area contributed by atoms with E-state index in [1.165, 1.54) is 34.5 Å². The van der Waals surface area contributed by atoms with Gasteiger partial charge >= 0.3 is 6.18 Å². The minimum absolute atomic E-state index is 0.0433. The van der Waals surface area contributed by atoms with Crippen LogP contribution in [0.2, 0.25) is 0 Å². The first-order chi connectivity index (χ1) is 17.6. The van der Waals surface area contributed by atoms with Crippen molar-refractivity contribution < 1.29 is 21.6 Å². The van der Waals surface area contributed by atoms with Crippen LogP contribution in [0.1, 0.15) is 59.0 Å². The molecule has 2 unspecified atom stereocenters. The Morgan fingerprint density at radius 3 is 2.51 bits per heavy atom. The molecule has 1 aromatic heterocycles. The predicted octanol–water partition coefficient (Wildman–Crippen LogP) is 5.06. The molecule has 6 rings (SSSR count). The molecule has 10 heteroatoms. The molecule has 3 aromatic rings. The van der Waals surface area contributed by atoms with Crippen molar-refractivity contribution in [2.45, 2.75) is 55.3 Å². The van der Waals surface area contributed by atoms with Gasteiger partial charge in [0.2, 0.25) is 0 Å². The van der Waals surface area contributed by atoms with Crippen molar-refractivity contribution in [3.05, 3.63) is 76.7 Å². The number of aryl methyl sites for hydroxylation is 2. The minimum Gasteiger partial charge on any atom is -0.371 e. The highest BCUT2D eigenvalue weighted by atomic mass is 32.2. The normalized spacial score (nSPS) is 22.0. The molecule has 2 fully saturated rings. The quantitative estimate of drug-likeness (QED) is 0.447. The zero-order chi connectivity index (χ0) is 25.9. The molecule has 0 amide bonds. The molecule has 1 aliphatic carbocycles. The Hall–Kier alpha value is -2.85. The van der Waals surface area contributed by atoms with E-state index in [9.17, 15) is 21.6 Å². The maximum atomic E-state index is 13.9. The van der Waals surface area contributed by atoms with E-state index in [-0.39, 0.29) is 17.0 Å². The molecule has 37 heavy (non-hydrogen) atoms. The molecule has 2 aliphatic heterocycles. The Bertz CT molecular complexity index is 1450. The second-order valence-corrected chi connectivity index (χ2v) is 12.2. The van der Waals surface area contributed by atoms with Crippen LogP contribution in [-0.2, 0) is 36.1 Å². The number of fused-ring (bicyclic) bond motifs is 1. The molecule has 3 heterocycles.